The molecule has 2 aromatic rings. The van der Waals surface area contributed by atoms with Gasteiger partial charge in [0, 0.05) is 24.1 Å². The molecular weight excluding hydrogens is 344 g/mol. The van der Waals surface area contributed by atoms with Crippen LogP contribution in [0.5, 0.6) is 0 Å². The Balaban J connectivity index is 1.27. The van der Waals surface area contributed by atoms with Gasteiger partial charge < -0.3 is 10.2 Å². The maximum Gasteiger partial charge on any atom is 0.275 e. The Labute approximate surface area is 159 Å². The standard InChI is InChI=1S/C20H26N4OS/c25-20(22-10-15-26-17-18-6-2-1-3-7-18)16-23-11-13-24(14-12-23)19-8-4-5-9-21-19/h1-9H,10-17H2,(H,22,25)/p+2. The van der Waals surface area contributed by atoms with E-state index in [1.807, 2.05) is 36.2 Å². The second-order valence-electron chi connectivity index (χ2n) is 6.55. The van der Waals surface area contributed by atoms with E-state index in [1.165, 1.54) is 10.5 Å². The van der Waals surface area contributed by atoms with Crippen molar-refractivity contribution in [3.05, 3.63) is 60.3 Å². The molecule has 138 valence electrons. The normalized spacial score (nSPS) is 15.0. The van der Waals surface area contributed by atoms with Crippen LogP contribution in [0.2, 0.25) is 0 Å². The highest BCUT2D eigenvalue weighted by molar-refractivity contribution is 7.98. The number of rotatable bonds is 8. The quantitative estimate of drug-likeness (QED) is 0.654. The van der Waals surface area contributed by atoms with Crippen molar-refractivity contribution < 1.29 is 14.7 Å². The molecule has 3 N–H and O–H groups in total. The van der Waals surface area contributed by atoms with Crippen LogP contribution in [0.3, 0.4) is 0 Å². The number of benzene rings is 1. The van der Waals surface area contributed by atoms with Crippen molar-refractivity contribution in [3.63, 3.8) is 0 Å². The third-order valence-corrected chi connectivity index (χ3v) is 5.62. The first-order chi connectivity index (χ1) is 12.8. The highest BCUT2D eigenvalue weighted by Crippen LogP contribution is 2.10. The first-order valence-corrected chi connectivity index (χ1v) is 10.4. The third kappa shape index (κ3) is 6.04. The van der Waals surface area contributed by atoms with Crippen LogP contribution in [0, 0.1) is 0 Å². The van der Waals surface area contributed by atoms with Gasteiger partial charge in [0.25, 0.3) is 11.7 Å². The Morgan fingerprint density at radius 1 is 1.12 bits per heavy atom. The number of hydrogen-bond donors (Lipinski definition) is 2. The molecule has 1 aromatic heterocycles. The molecule has 0 radical (unpaired) electrons. The van der Waals surface area contributed by atoms with E-state index in [9.17, 15) is 4.79 Å². The summed E-state index contributed by atoms with van der Waals surface area (Å²) >= 11 is 1.86. The summed E-state index contributed by atoms with van der Waals surface area (Å²) in [6.45, 7) is 5.29. The van der Waals surface area contributed by atoms with Crippen LogP contribution in [0.25, 0.3) is 0 Å². The number of amides is 1. The van der Waals surface area contributed by atoms with Gasteiger partial charge in [-0.15, -0.1) is 0 Å². The van der Waals surface area contributed by atoms with E-state index in [2.05, 4.69) is 45.5 Å². The minimum atomic E-state index is 0.167. The highest BCUT2D eigenvalue weighted by atomic mass is 32.2. The maximum atomic E-state index is 12.1. The van der Waals surface area contributed by atoms with Gasteiger partial charge in [0.2, 0.25) is 0 Å². The van der Waals surface area contributed by atoms with Crippen LogP contribution in [0.15, 0.2) is 54.7 Å². The number of carbonyl (C=O) groups excluding carboxylic acids is 1. The van der Waals surface area contributed by atoms with Crippen LogP contribution >= 0.6 is 11.8 Å². The lowest BCUT2D eigenvalue weighted by Gasteiger charge is -2.27. The Hall–Kier alpha value is -2.05. The van der Waals surface area contributed by atoms with Crippen molar-refractivity contribution in [2.24, 2.45) is 0 Å². The van der Waals surface area contributed by atoms with Crippen LogP contribution in [-0.2, 0) is 10.5 Å². The van der Waals surface area contributed by atoms with Crippen molar-refractivity contribution in [2.45, 2.75) is 5.75 Å². The summed E-state index contributed by atoms with van der Waals surface area (Å²) in [5.74, 6) is 3.28. The molecule has 0 aliphatic carbocycles. The third-order valence-electron chi connectivity index (χ3n) is 4.59. The zero-order chi connectivity index (χ0) is 18.0. The van der Waals surface area contributed by atoms with E-state index >= 15 is 0 Å². The fraction of sp³-hybridized carbons (Fsp3) is 0.400. The van der Waals surface area contributed by atoms with Crippen molar-refractivity contribution in [2.75, 3.05) is 49.9 Å². The number of thioether (sulfide) groups is 1. The number of aromatic nitrogens is 1. The Bertz CT molecular complexity index is 660. The molecule has 5 nitrogen and oxygen atoms in total. The van der Waals surface area contributed by atoms with Gasteiger partial charge in [-0.05, 0) is 11.6 Å². The summed E-state index contributed by atoms with van der Waals surface area (Å²) in [7, 11) is 0. The average Bonchev–Trinajstić information content (AvgIpc) is 2.70. The summed E-state index contributed by atoms with van der Waals surface area (Å²) in [5, 5.41) is 3.06. The summed E-state index contributed by atoms with van der Waals surface area (Å²) in [4.78, 5) is 19.1. The molecule has 0 spiro atoms. The van der Waals surface area contributed by atoms with Crippen LogP contribution in [-0.4, -0.2) is 50.9 Å². The van der Waals surface area contributed by atoms with Crippen molar-refractivity contribution >= 4 is 23.5 Å². The van der Waals surface area contributed by atoms with E-state index in [-0.39, 0.29) is 5.91 Å². The molecule has 1 aliphatic heterocycles. The first-order valence-electron chi connectivity index (χ1n) is 9.25. The average molecular weight is 373 g/mol. The monoisotopic (exact) mass is 372 g/mol. The van der Waals surface area contributed by atoms with E-state index in [0.717, 1.165) is 50.0 Å². The van der Waals surface area contributed by atoms with Gasteiger partial charge >= 0.3 is 0 Å². The first kappa shape index (κ1) is 18.7. The molecule has 1 fully saturated rings. The predicted octanol–water partition coefficient (Wildman–Crippen LogP) is 0.255. The van der Waals surface area contributed by atoms with E-state index in [4.69, 9.17) is 0 Å². The fourth-order valence-corrected chi connectivity index (χ4v) is 3.96. The number of pyridine rings is 1. The number of hydrogen-bond acceptors (Lipinski definition) is 3. The fourth-order valence-electron chi connectivity index (χ4n) is 3.14. The Morgan fingerprint density at radius 3 is 2.62 bits per heavy atom. The van der Waals surface area contributed by atoms with Gasteiger partial charge in [-0.2, -0.15) is 11.8 Å². The molecule has 3 rings (SSSR count). The van der Waals surface area contributed by atoms with Gasteiger partial charge in [0.15, 0.2) is 6.54 Å². The second-order valence-corrected chi connectivity index (χ2v) is 7.65. The summed E-state index contributed by atoms with van der Waals surface area (Å²) in [6.07, 6.45) is 1.96. The van der Waals surface area contributed by atoms with Crippen LogP contribution < -0.4 is 20.1 Å². The molecule has 1 aromatic carbocycles. The SMILES string of the molecule is O=C(C[NH+]1CCN(c2cccc[nH+]2)CC1)NCCSCc1ccccc1. The molecule has 0 unspecified atom stereocenters. The number of aromatic amines is 1. The molecule has 1 saturated heterocycles. The summed E-state index contributed by atoms with van der Waals surface area (Å²) in [6, 6.07) is 16.6. The predicted molar refractivity (Wildman–Crippen MR) is 106 cm³/mol. The Kier molecular flexibility index (Phi) is 7.34. The number of nitrogens with zero attached hydrogens (tertiary/aromatic N) is 1. The zero-order valence-corrected chi connectivity index (χ0v) is 15.9. The highest BCUT2D eigenvalue weighted by Gasteiger charge is 2.26. The maximum absolute atomic E-state index is 12.1. The zero-order valence-electron chi connectivity index (χ0n) is 15.1. The van der Waals surface area contributed by atoms with Gasteiger partial charge in [0.1, 0.15) is 26.2 Å². The van der Waals surface area contributed by atoms with Gasteiger partial charge in [0.05, 0.1) is 6.20 Å². The number of carbonyl (C=O) groups is 1. The molecular formula is C20H28N4OS+2. The topological polar surface area (TPSA) is 50.9 Å². The molecule has 0 saturated carbocycles. The van der Waals surface area contributed by atoms with Gasteiger partial charge in [-0.1, -0.05) is 36.4 Å². The largest absolute Gasteiger partial charge is 0.350 e. The molecule has 1 aliphatic rings. The van der Waals surface area contributed by atoms with Crippen molar-refractivity contribution in [1.82, 2.24) is 5.32 Å². The number of quaternary nitrogens is 1. The minimum absolute atomic E-state index is 0.167. The summed E-state index contributed by atoms with van der Waals surface area (Å²) in [5.41, 5.74) is 1.34. The molecule has 0 atom stereocenters. The number of piperazine rings is 1. The lowest BCUT2D eigenvalue weighted by Crippen LogP contribution is -3.16. The molecule has 26 heavy (non-hydrogen) atoms. The van der Waals surface area contributed by atoms with Gasteiger partial charge in [-0.3, -0.25) is 9.69 Å². The number of anilines is 1. The lowest BCUT2D eigenvalue weighted by molar-refractivity contribution is -0.892. The second kappa shape index (κ2) is 10.2. The van der Waals surface area contributed by atoms with E-state index in [1.54, 1.807) is 0 Å². The molecule has 1 amide bonds. The van der Waals surface area contributed by atoms with E-state index < -0.39 is 0 Å². The van der Waals surface area contributed by atoms with Gasteiger partial charge in [-0.25, -0.2) is 4.98 Å². The van der Waals surface area contributed by atoms with Crippen LogP contribution in [0.4, 0.5) is 5.82 Å². The lowest BCUT2D eigenvalue weighted by atomic mass is 10.2. The number of nitrogens with one attached hydrogen (secondary N) is 3. The summed E-state index contributed by atoms with van der Waals surface area (Å²) < 4.78 is 0. The van der Waals surface area contributed by atoms with E-state index in [0.29, 0.717) is 6.54 Å². The molecule has 2 heterocycles. The number of H-pyrrole nitrogens is 1. The van der Waals surface area contributed by atoms with Crippen molar-refractivity contribution in [3.8, 4) is 0 Å². The molecule has 6 heteroatoms. The van der Waals surface area contributed by atoms with Crippen LogP contribution in [0.1, 0.15) is 5.56 Å². The Morgan fingerprint density at radius 2 is 1.88 bits per heavy atom. The molecule has 0 bridgehead atoms. The smallest absolute Gasteiger partial charge is 0.275 e. The van der Waals surface area contributed by atoms with Crippen molar-refractivity contribution in [1.29, 1.82) is 0 Å². The minimum Gasteiger partial charge on any atom is -0.350 e.